The number of rotatable bonds is 6. The first kappa shape index (κ1) is 13.3. The first-order valence-electron chi connectivity index (χ1n) is 6.98. The minimum Gasteiger partial charge on any atom is -0.395 e. The van der Waals surface area contributed by atoms with Crippen LogP contribution < -0.4 is 5.73 Å². The van der Waals surface area contributed by atoms with E-state index in [4.69, 9.17) is 10.5 Å². The van der Waals surface area contributed by atoms with E-state index in [0.29, 0.717) is 12.0 Å². The third-order valence-corrected chi connectivity index (χ3v) is 4.08. The van der Waals surface area contributed by atoms with Gasteiger partial charge in [0.2, 0.25) is 0 Å². The van der Waals surface area contributed by atoms with Gasteiger partial charge in [0.05, 0.1) is 12.7 Å². The fourth-order valence-electron chi connectivity index (χ4n) is 2.92. The summed E-state index contributed by atoms with van der Waals surface area (Å²) in [5, 5.41) is 9.58. The summed E-state index contributed by atoms with van der Waals surface area (Å²) in [6.07, 6.45) is 5.09. The highest BCUT2D eigenvalue weighted by atomic mass is 16.5. The molecule has 4 nitrogen and oxygen atoms in total. The maximum absolute atomic E-state index is 9.58. The predicted molar refractivity (Wildman–Crippen MR) is 67.8 cm³/mol. The monoisotopic (exact) mass is 242 g/mol. The lowest BCUT2D eigenvalue weighted by molar-refractivity contribution is -0.0212. The lowest BCUT2D eigenvalue weighted by Crippen LogP contribution is -2.55. The smallest absolute Gasteiger partial charge is 0.0702 e. The van der Waals surface area contributed by atoms with E-state index in [0.717, 1.165) is 32.5 Å². The third-order valence-electron chi connectivity index (χ3n) is 4.08. The van der Waals surface area contributed by atoms with Crippen molar-refractivity contribution in [2.75, 3.05) is 26.3 Å². The van der Waals surface area contributed by atoms with Crippen molar-refractivity contribution in [3.05, 3.63) is 0 Å². The Morgan fingerprint density at radius 3 is 2.76 bits per heavy atom. The summed E-state index contributed by atoms with van der Waals surface area (Å²) >= 11 is 0. The molecule has 100 valence electrons. The molecular weight excluding hydrogens is 216 g/mol. The molecule has 2 aliphatic rings. The summed E-state index contributed by atoms with van der Waals surface area (Å²) < 4.78 is 5.70. The molecule has 1 saturated carbocycles. The zero-order valence-electron chi connectivity index (χ0n) is 10.8. The Bertz CT molecular complexity index is 231. The summed E-state index contributed by atoms with van der Waals surface area (Å²) in [6.45, 7) is 4.97. The highest BCUT2D eigenvalue weighted by molar-refractivity contribution is 4.94. The molecule has 0 aromatic heterocycles. The van der Waals surface area contributed by atoms with Crippen LogP contribution in [-0.2, 0) is 4.74 Å². The van der Waals surface area contributed by atoms with Crippen molar-refractivity contribution in [3.8, 4) is 0 Å². The fraction of sp³-hybridized carbons (Fsp3) is 1.00. The highest BCUT2D eigenvalue weighted by Gasteiger charge is 2.37. The summed E-state index contributed by atoms with van der Waals surface area (Å²) in [5.74, 6) is 0.639. The molecule has 4 heteroatoms. The molecule has 2 rings (SSSR count). The number of aliphatic hydroxyl groups excluding tert-OH is 1. The van der Waals surface area contributed by atoms with Gasteiger partial charge in [-0.15, -0.1) is 0 Å². The molecule has 0 aromatic rings. The first-order valence-corrected chi connectivity index (χ1v) is 6.98. The molecule has 3 unspecified atom stereocenters. The molecule has 0 aromatic carbocycles. The minimum absolute atomic E-state index is 0.130. The van der Waals surface area contributed by atoms with Crippen molar-refractivity contribution >= 4 is 0 Å². The van der Waals surface area contributed by atoms with Crippen molar-refractivity contribution in [1.29, 1.82) is 0 Å². The SMILES string of the molecule is CCOC1CCCN(C(CO)C(N)C2CC2)C1. The number of piperidine rings is 1. The molecule has 0 radical (unpaired) electrons. The fourth-order valence-corrected chi connectivity index (χ4v) is 2.92. The Morgan fingerprint density at radius 1 is 1.41 bits per heavy atom. The standard InChI is InChI=1S/C13H26N2O2/c1-2-17-11-4-3-7-15(8-11)12(9-16)13(14)10-5-6-10/h10-13,16H,2-9,14H2,1H3. The Hall–Kier alpha value is -0.160. The second-order valence-electron chi connectivity index (χ2n) is 5.38. The summed E-state index contributed by atoms with van der Waals surface area (Å²) in [7, 11) is 0. The van der Waals surface area contributed by atoms with Gasteiger partial charge in [0.15, 0.2) is 0 Å². The molecule has 1 saturated heterocycles. The third kappa shape index (κ3) is 3.41. The maximum atomic E-state index is 9.58. The summed E-state index contributed by atoms with van der Waals surface area (Å²) in [4.78, 5) is 2.34. The Labute approximate surface area is 104 Å². The van der Waals surface area contributed by atoms with Crippen LogP contribution in [0.1, 0.15) is 32.6 Å². The van der Waals surface area contributed by atoms with Crippen LogP contribution in [0, 0.1) is 5.92 Å². The van der Waals surface area contributed by atoms with E-state index in [1.807, 2.05) is 6.92 Å². The maximum Gasteiger partial charge on any atom is 0.0702 e. The average molecular weight is 242 g/mol. The Kier molecular flexibility index (Phi) is 4.79. The van der Waals surface area contributed by atoms with Gasteiger partial charge in [0.25, 0.3) is 0 Å². The van der Waals surface area contributed by atoms with Crippen LogP contribution in [0.25, 0.3) is 0 Å². The number of nitrogens with two attached hydrogens (primary N) is 1. The zero-order chi connectivity index (χ0) is 12.3. The number of aliphatic hydroxyl groups is 1. The second kappa shape index (κ2) is 6.14. The van der Waals surface area contributed by atoms with Crippen LogP contribution in [0.15, 0.2) is 0 Å². The van der Waals surface area contributed by atoms with Crippen LogP contribution in [0.4, 0.5) is 0 Å². The van der Waals surface area contributed by atoms with E-state index in [-0.39, 0.29) is 18.7 Å². The molecule has 3 atom stereocenters. The van der Waals surface area contributed by atoms with Gasteiger partial charge in [-0.05, 0) is 45.1 Å². The molecule has 1 aliphatic carbocycles. The van der Waals surface area contributed by atoms with Crippen molar-refractivity contribution in [1.82, 2.24) is 4.90 Å². The zero-order valence-corrected chi connectivity index (χ0v) is 10.8. The van der Waals surface area contributed by atoms with Gasteiger partial charge in [-0.25, -0.2) is 0 Å². The lowest BCUT2D eigenvalue weighted by Gasteiger charge is -2.39. The normalized spacial score (nSPS) is 30.2. The van der Waals surface area contributed by atoms with E-state index in [1.165, 1.54) is 12.8 Å². The van der Waals surface area contributed by atoms with Crippen molar-refractivity contribution in [2.24, 2.45) is 11.7 Å². The lowest BCUT2D eigenvalue weighted by atomic mass is 9.99. The Balaban J connectivity index is 1.88. The van der Waals surface area contributed by atoms with Crippen molar-refractivity contribution in [2.45, 2.75) is 50.8 Å². The highest BCUT2D eigenvalue weighted by Crippen LogP contribution is 2.34. The van der Waals surface area contributed by atoms with Gasteiger partial charge in [-0.2, -0.15) is 0 Å². The van der Waals surface area contributed by atoms with Gasteiger partial charge in [-0.1, -0.05) is 0 Å². The van der Waals surface area contributed by atoms with Crippen LogP contribution in [-0.4, -0.2) is 54.5 Å². The van der Waals surface area contributed by atoms with Crippen molar-refractivity contribution in [3.63, 3.8) is 0 Å². The van der Waals surface area contributed by atoms with Gasteiger partial charge in [0.1, 0.15) is 0 Å². The molecule has 3 N–H and O–H groups in total. The van der Waals surface area contributed by atoms with Gasteiger partial charge in [0, 0.05) is 25.2 Å². The van der Waals surface area contributed by atoms with Gasteiger partial charge >= 0.3 is 0 Å². The van der Waals surface area contributed by atoms with E-state index in [2.05, 4.69) is 4.90 Å². The van der Waals surface area contributed by atoms with E-state index >= 15 is 0 Å². The largest absolute Gasteiger partial charge is 0.395 e. The van der Waals surface area contributed by atoms with Crippen LogP contribution in [0.5, 0.6) is 0 Å². The molecule has 0 amide bonds. The molecule has 2 fully saturated rings. The molecule has 17 heavy (non-hydrogen) atoms. The van der Waals surface area contributed by atoms with E-state index in [1.54, 1.807) is 0 Å². The molecule has 1 aliphatic heterocycles. The minimum atomic E-state index is 0.130. The van der Waals surface area contributed by atoms with Gasteiger partial charge in [-0.3, -0.25) is 4.90 Å². The number of likely N-dealkylation sites (tertiary alicyclic amines) is 1. The van der Waals surface area contributed by atoms with Crippen LogP contribution >= 0.6 is 0 Å². The number of hydrogen-bond donors (Lipinski definition) is 2. The number of hydrogen-bond acceptors (Lipinski definition) is 4. The van der Waals surface area contributed by atoms with Crippen LogP contribution in [0.2, 0.25) is 0 Å². The van der Waals surface area contributed by atoms with Gasteiger partial charge < -0.3 is 15.6 Å². The number of nitrogens with zero attached hydrogens (tertiary/aromatic N) is 1. The number of ether oxygens (including phenoxy) is 1. The van der Waals surface area contributed by atoms with E-state index < -0.39 is 0 Å². The molecule has 1 heterocycles. The topological polar surface area (TPSA) is 58.7 Å². The summed E-state index contributed by atoms with van der Waals surface area (Å²) in [5.41, 5.74) is 6.24. The molecule has 0 spiro atoms. The van der Waals surface area contributed by atoms with Crippen LogP contribution in [0.3, 0.4) is 0 Å². The second-order valence-corrected chi connectivity index (χ2v) is 5.38. The predicted octanol–water partition coefficient (Wildman–Crippen LogP) is 0.586. The Morgan fingerprint density at radius 2 is 2.18 bits per heavy atom. The summed E-state index contributed by atoms with van der Waals surface area (Å²) in [6, 6.07) is 0.270. The average Bonchev–Trinajstić information content (AvgIpc) is 3.14. The van der Waals surface area contributed by atoms with Crippen molar-refractivity contribution < 1.29 is 9.84 Å². The van der Waals surface area contributed by atoms with E-state index in [9.17, 15) is 5.11 Å². The quantitative estimate of drug-likeness (QED) is 0.715. The molecule has 0 bridgehead atoms. The first-order chi connectivity index (χ1) is 8.26. The molecular formula is C13H26N2O2.